The molecular weight excluding hydrogens is 276 g/mol. The van der Waals surface area contributed by atoms with E-state index in [1.54, 1.807) is 6.07 Å². The summed E-state index contributed by atoms with van der Waals surface area (Å²) < 4.78 is 22.6. The Bertz CT molecular complexity index is 617. The number of nitrogens with two attached hydrogens (primary N) is 2. The quantitative estimate of drug-likeness (QED) is 0.761. The second-order valence-corrected chi connectivity index (χ2v) is 7.11. The molecule has 1 aromatic carbocycles. The average molecular weight is 296 g/mol. The van der Waals surface area contributed by atoms with Gasteiger partial charge in [0.25, 0.3) is 0 Å². The van der Waals surface area contributed by atoms with E-state index in [1.807, 2.05) is 0 Å². The number of anilines is 2. The summed E-state index contributed by atoms with van der Waals surface area (Å²) in [5, 5.41) is 5.12. The predicted molar refractivity (Wildman–Crippen MR) is 79.0 cm³/mol. The van der Waals surface area contributed by atoms with E-state index in [0.29, 0.717) is 11.7 Å². The van der Waals surface area contributed by atoms with Gasteiger partial charge in [0.05, 0.1) is 16.3 Å². The van der Waals surface area contributed by atoms with E-state index in [9.17, 15) is 8.42 Å². The normalized spacial score (nSPS) is 23.9. The van der Waals surface area contributed by atoms with Crippen molar-refractivity contribution >= 4 is 21.4 Å². The maximum absolute atomic E-state index is 11.3. The molecule has 0 saturated carbocycles. The van der Waals surface area contributed by atoms with Crippen LogP contribution in [0, 0.1) is 0 Å². The van der Waals surface area contributed by atoms with Crippen molar-refractivity contribution in [1.82, 2.24) is 4.90 Å². The lowest BCUT2D eigenvalue weighted by Gasteiger charge is -2.39. The fourth-order valence-electron chi connectivity index (χ4n) is 3.21. The first-order valence-corrected chi connectivity index (χ1v) is 8.41. The van der Waals surface area contributed by atoms with E-state index in [2.05, 4.69) is 9.80 Å². The molecule has 2 heterocycles. The van der Waals surface area contributed by atoms with Crippen LogP contribution >= 0.6 is 0 Å². The van der Waals surface area contributed by atoms with Crippen LogP contribution in [0.5, 0.6) is 0 Å². The Kier molecular flexibility index (Phi) is 3.35. The lowest BCUT2D eigenvalue weighted by atomic mass is 10.1. The van der Waals surface area contributed by atoms with Gasteiger partial charge >= 0.3 is 0 Å². The smallest absolute Gasteiger partial charge is 0.238 e. The van der Waals surface area contributed by atoms with Crippen LogP contribution in [-0.2, 0) is 10.0 Å². The number of hydrogen-bond donors (Lipinski definition) is 2. The molecule has 2 aliphatic rings. The lowest BCUT2D eigenvalue weighted by molar-refractivity contribution is 0.231. The fourth-order valence-corrected chi connectivity index (χ4v) is 3.76. The van der Waals surface area contributed by atoms with Crippen molar-refractivity contribution in [2.45, 2.75) is 23.8 Å². The van der Waals surface area contributed by atoms with Crippen LogP contribution in [-0.4, -0.2) is 45.5 Å². The summed E-state index contributed by atoms with van der Waals surface area (Å²) in [6.07, 6.45) is 2.49. The molecular formula is C13H20N4O2S. The second-order valence-electron chi connectivity index (χ2n) is 5.54. The number of benzene rings is 1. The maximum atomic E-state index is 11.3. The molecule has 4 N–H and O–H groups in total. The molecule has 2 fully saturated rings. The number of fused-ring (bicyclic) bond motifs is 1. The van der Waals surface area contributed by atoms with Gasteiger partial charge in [-0.1, -0.05) is 0 Å². The molecule has 1 aromatic rings. The van der Waals surface area contributed by atoms with Gasteiger partial charge in [-0.05, 0) is 37.6 Å². The van der Waals surface area contributed by atoms with Gasteiger partial charge in [-0.25, -0.2) is 13.6 Å². The van der Waals surface area contributed by atoms with Gasteiger partial charge in [0.2, 0.25) is 10.0 Å². The monoisotopic (exact) mass is 296 g/mol. The highest BCUT2D eigenvalue weighted by atomic mass is 32.2. The number of rotatable bonds is 2. The zero-order chi connectivity index (χ0) is 14.3. The third-order valence-corrected chi connectivity index (χ3v) is 5.17. The number of hydrogen-bond acceptors (Lipinski definition) is 5. The van der Waals surface area contributed by atoms with Crippen molar-refractivity contribution in [1.29, 1.82) is 0 Å². The van der Waals surface area contributed by atoms with Crippen LogP contribution in [0.1, 0.15) is 12.8 Å². The fraction of sp³-hybridized carbons (Fsp3) is 0.538. The van der Waals surface area contributed by atoms with Crippen LogP contribution in [0.25, 0.3) is 0 Å². The van der Waals surface area contributed by atoms with Gasteiger partial charge in [0, 0.05) is 25.7 Å². The van der Waals surface area contributed by atoms with E-state index in [0.717, 1.165) is 25.3 Å². The van der Waals surface area contributed by atoms with Crippen LogP contribution in [0.15, 0.2) is 23.1 Å². The third-order valence-electron chi connectivity index (χ3n) is 4.26. The molecule has 110 valence electrons. The Balaban J connectivity index is 1.84. The van der Waals surface area contributed by atoms with Crippen LogP contribution in [0.3, 0.4) is 0 Å². The molecule has 0 amide bonds. The number of sulfonamides is 1. The molecule has 0 spiro atoms. The van der Waals surface area contributed by atoms with Crippen molar-refractivity contribution in [3.05, 3.63) is 18.2 Å². The van der Waals surface area contributed by atoms with Gasteiger partial charge in [0.1, 0.15) is 0 Å². The molecule has 0 radical (unpaired) electrons. The van der Waals surface area contributed by atoms with E-state index in [1.165, 1.54) is 31.5 Å². The zero-order valence-electron chi connectivity index (χ0n) is 11.3. The summed E-state index contributed by atoms with van der Waals surface area (Å²) in [4.78, 5) is 4.83. The van der Waals surface area contributed by atoms with Gasteiger partial charge in [0.15, 0.2) is 0 Å². The van der Waals surface area contributed by atoms with Crippen molar-refractivity contribution in [3.63, 3.8) is 0 Å². The zero-order valence-corrected chi connectivity index (χ0v) is 12.1. The average Bonchev–Trinajstić information content (AvgIpc) is 2.84. The molecule has 2 saturated heterocycles. The van der Waals surface area contributed by atoms with Crippen molar-refractivity contribution in [2.75, 3.05) is 36.8 Å². The Labute approximate surface area is 119 Å². The summed E-state index contributed by atoms with van der Waals surface area (Å²) in [6, 6.07) is 5.34. The first-order valence-electron chi connectivity index (χ1n) is 6.86. The number of piperazine rings is 1. The summed E-state index contributed by atoms with van der Waals surface area (Å²) >= 11 is 0. The van der Waals surface area contributed by atoms with Gasteiger partial charge in [-0.3, -0.25) is 4.90 Å². The first kappa shape index (κ1) is 13.7. The molecule has 2 aliphatic heterocycles. The number of nitrogens with zero attached hydrogens (tertiary/aromatic N) is 2. The van der Waals surface area contributed by atoms with Crippen molar-refractivity contribution < 1.29 is 8.42 Å². The molecule has 6 nitrogen and oxygen atoms in total. The predicted octanol–water partition coefficient (Wildman–Crippen LogP) is 0.201. The van der Waals surface area contributed by atoms with E-state index in [4.69, 9.17) is 10.9 Å². The van der Waals surface area contributed by atoms with E-state index < -0.39 is 10.0 Å². The SMILES string of the molecule is Nc1cc(S(N)(=O)=O)ccc1N1CCN2CCCC2C1. The summed E-state index contributed by atoms with van der Waals surface area (Å²) in [5.41, 5.74) is 7.39. The van der Waals surface area contributed by atoms with Gasteiger partial charge in [-0.15, -0.1) is 0 Å². The lowest BCUT2D eigenvalue weighted by Crippen LogP contribution is -2.50. The highest BCUT2D eigenvalue weighted by Gasteiger charge is 2.31. The minimum atomic E-state index is -3.69. The molecule has 1 unspecified atom stereocenters. The highest BCUT2D eigenvalue weighted by Crippen LogP contribution is 2.30. The van der Waals surface area contributed by atoms with E-state index in [-0.39, 0.29) is 4.90 Å². The highest BCUT2D eigenvalue weighted by molar-refractivity contribution is 7.89. The molecule has 0 aromatic heterocycles. The van der Waals surface area contributed by atoms with E-state index >= 15 is 0 Å². The Morgan fingerprint density at radius 3 is 2.70 bits per heavy atom. The Morgan fingerprint density at radius 2 is 2.00 bits per heavy atom. The van der Waals surface area contributed by atoms with Gasteiger partial charge in [-0.2, -0.15) is 0 Å². The molecule has 3 rings (SSSR count). The Hall–Kier alpha value is -1.31. The largest absolute Gasteiger partial charge is 0.397 e. The third kappa shape index (κ3) is 2.48. The number of primary sulfonamides is 1. The van der Waals surface area contributed by atoms with Crippen molar-refractivity contribution in [2.24, 2.45) is 5.14 Å². The molecule has 7 heteroatoms. The second kappa shape index (κ2) is 4.91. The van der Waals surface area contributed by atoms with Crippen LogP contribution < -0.4 is 15.8 Å². The van der Waals surface area contributed by atoms with Crippen molar-refractivity contribution in [3.8, 4) is 0 Å². The first-order chi connectivity index (χ1) is 9.45. The van der Waals surface area contributed by atoms with Crippen LogP contribution in [0.4, 0.5) is 11.4 Å². The maximum Gasteiger partial charge on any atom is 0.238 e. The summed E-state index contributed by atoms with van der Waals surface area (Å²) in [5.74, 6) is 0. The molecule has 1 atom stereocenters. The topological polar surface area (TPSA) is 92.7 Å². The molecule has 0 aliphatic carbocycles. The van der Waals surface area contributed by atoms with Crippen LogP contribution in [0.2, 0.25) is 0 Å². The standard InChI is InChI=1S/C13H20N4O2S/c14-12-8-11(20(15,18)19)3-4-13(12)17-7-6-16-5-1-2-10(16)9-17/h3-4,8,10H,1-2,5-7,9,14H2,(H2,15,18,19). The number of nitrogen functional groups attached to an aromatic ring is 1. The minimum Gasteiger partial charge on any atom is -0.397 e. The molecule has 20 heavy (non-hydrogen) atoms. The minimum absolute atomic E-state index is 0.0678. The van der Waals surface area contributed by atoms with Gasteiger partial charge < -0.3 is 10.6 Å². The Morgan fingerprint density at radius 1 is 1.20 bits per heavy atom. The summed E-state index contributed by atoms with van der Waals surface area (Å²) in [7, 11) is -3.69. The molecule has 0 bridgehead atoms. The summed E-state index contributed by atoms with van der Waals surface area (Å²) in [6.45, 7) is 4.12.